The van der Waals surface area contributed by atoms with Crippen molar-refractivity contribution in [1.82, 2.24) is 4.98 Å². The molecule has 1 aromatic heterocycles. The van der Waals surface area contributed by atoms with E-state index in [9.17, 15) is 4.79 Å². The minimum atomic E-state index is -0.285. The molecule has 0 aliphatic carbocycles. The maximum absolute atomic E-state index is 12.3. The van der Waals surface area contributed by atoms with Gasteiger partial charge >= 0.3 is 0 Å². The fourth-order valence-corrected chi connectivity index (χ4v) is 2.52. The third kappa shape index (κ3) is 4.25. The molecule has 5 heteroatoms. The molecule has 1 N–H and O–H groups in total. The van der Waals surface area contributed by atoms with Crippen molar-refractivity contribution in [3.63, 3.8) is 0 Å². The summed E-state index contributed by atoms with van der Waals surface area (Å²) >= 11 is 0. The number of nitrogens with one attached hydrogen (secondary N) is 1. The molecule has 128 valence electrons. The van der Waals surface area contributed by atoms with E-state index in [-0.39, 0.29) is 5.91 Å². The SMILES string of the molecule is CN(Cc1ccccc1)c1ccc(C(=O)Nc2ccc(C#N)cc2)nc1. The molecule has 1 amide bonds. The van der Waals surface area contributed by atoms with Crippen molar-refractivity contribution in [1.29, 1.82) is 5.26 Å². The predicted molar refractivity (Wildman–Crippen MR) is 102 cm³/mol. The molecule has 2 aromatic carbocycles. The molecule has 0 radical (unpaired) electrons. The zero-order chi connectivity index (χ0) is 18.4. The van der Waals surface area contributed by atoms with E-state index in [1.807, 2.05) is 37.4 Å². The van der Waals surface area contributed by atoms with Crippen LogP contribution >= 0.6 is 0 Å². The zero-order valence-electron chi connectivity index (χ0n) is 14.4. The first-order valence-corrected chi connectivity index (χ1v) is 8.18. The third-order valence-corrected chi connectivity index (χ3v) is 3.96. The number of nitriles is 1. The van der Waals surface area contributed by atoms with Crippen LogP contribution in [-0.2, 0) is 6.54 Å². The molecule has 3 aromatic rings. The molecule has 0 aliphatic rings. The molecule has 0 saturated heterocycles. The molecule has 26 heavy (non-hydrogen) atoms. The predicted octanol–water partition coefficient (Wildman–Crippen LogP) is 3.84. The number of carbonyl (C=O) groups is 1. The van der Waals surface area contributed by atoms with E-state index in [1.54, 1.807) is 36.5 Å². The van der Waals surface area contributed by atoms with Crippen molar-refractivity contribution in [2.24, 2.45) is 0 Å². The van der Waals surface area contributed by atoms with E-state index in [0.717, 1.165) is 12.2 Å². The van der Waals surface area contributed by atoms with Crippen LogP contribution in [0.15, 0.2) is 72.9 Å². The maximum atomic E-state index is 12.3. The third-order valence-electron chi connectivity index (χ3n) is 3.96. The van der Waals surface area contributed by atoms with Gasteiger partial charge in [0.25, 0.3) is 5.91 Å². The summed E-state index contributed by atoms with van der Waals surface area (Å²) in [6, 6.07) is 22.5. The number of aromatic nitrogens is 1. The molecule has 0 aliphatic heterocycles. The minimum Gasteiger partial charge on any atom is -0.369 e. The highest BCUT2D eigenvalue weighted by molar-refractivity contribution is 6.02. The Morgan fingerprint density at radius 2 is 1.81 bits per heavy atom. The lowest BCUT2D eigenvalue weighted by Crippen LogP contribution is -2.18. The minimum absolute atomic E-state index is 0.285. The molecule has 1 heterocycles. The molecule has 3 rings (SSSR count). The molecule has 0 saturated carbocycles. The monoisotopic (exact) mass is 342 g/mol. The quantitative estimate of drug-likeness (QED) is 0.765. The van der Waals surface area contributed by atoms with Crippen molar-refractivity contribution < 1.29 is 4.79 Å². The lowest BCUT2D eigenvalue weighted by atomic mass is 10.2. The van der Waals surface area contributed by atoms with Crippen molar-refractivity contribution in [3.8, 4) is 6.07 Å². The van der Waals surface area contributed by atoms with Gasteiger partial charge in [0.05, 0.1) is 23.5 Å². The van der Waals surface area contributed by atoms with Crippen molar-refractivity contribution >= 4 is 17.3 Å². The number of hydrogen-bond donors (Lipinski definition) is 1. The van der Waals surface area contributed by atoms with Gasteiger partial charge in [0, 0.05) is 19.3 Å². The van der Waals surface area contributed by atoms with Crippen LogP contribution in [0, 0.1) is 11.3 Å². The summed E-state index contributed by atoms with van der Waals surface area (Å²) in [5, 5.41) is 11.6. The number of rotatable bonds is 5. The Morgan fingerprint density at radius 1 is 1.08 bits per heavy atom. The average Bonchev–Trinajstić information content (AvgIpc) is 2.69. The van der Waals surface area contributed by atoms with Crippen LogP contribution in [0.4, 0.5) is 11.4 Å². The first-order chi connectivity index (χ1) is 12.7. The second-order valence-electron chi connectivity index (χ2n) is 5.89. The highest BCUT2D eigenvalue weighted by atomic mass is 16.1. The van der Waals surface area contributed by atoms with Gasteiger partial charge in [0.2, 0.25) is 0 Å². The first kappa shape index (κ1) is 17.2. The van der Waals surface area contributed by atoms with E-state index in [4.69, 9.17) is 5.26 Å². The highest BCUT2D eigenvalue weighted by Gasteiger charge is 2.09. The number of amides is 1. The van der Waals surface area contributed by atoms with E-state index in [0.29, 0.717) is 16.9 Å². The van der Waals surface area contributed by atoms with Gasteiger partial charge in [-0.3, -0.25) is 4.79 Å². The van der Waals surface area contributed by atoms with Gasteiger partial charge in [0.1, 0.15) is 5.69 Å². The molecule has 0 unspecified atom stereocenters. The van der Waals surface area contributed by atoms with Gasteiger partial charge in [-0.25, -0.2) is 4.98 Å². The van der Waals surface area contributed by atoms with Gasteiger partial charge in [-0.2, -0.15) is 5.26 Å². The summed E-state index contributed by atoms with van der Waals surface area (Å²) in [5.74, 6) is -0.285. The van der Waals surface area contributed by atoms with Crippen LogP contribution in [0.25, 0.3) is 0 Å². The van der Waals surface area contributed by atoms with E-state index in [1.165, 1.54) is 5.56 Å². The van der Waals surface area contributed by atoms with Crippen LogP contribution in [0.3, 0.4) is 0 Å². The second kappa shape index (κ2) is 7.95. The highest BCUT2D eigenvalue weighted by Crippen LogP contribution is 2.16. The molecule has 0 spiro atoms. The lowest BCUT2D eigenvalue weighted by molar-refractivity contribution is 0.102. The molecule has 0 bridgehead atoms. The summed E-state index contributed by atoms with van der Waals surface area (Å²) in [4.78, 5) is 18.6. The van der Waals surface area contributed by atoms with Gasteiger partial charge in [-0.05, 0) is 42.0 Å². The summed E-state index contributed by atoms with van der Waals surface area (Å²) in [6.45, 7) is 0.763. The number of benzene rings is 2. The van der Waals surface area contributed by atoms with Crippen LogP contribution < -0.4 is 10.2 Å². The van der Waals surface area contributed by atoms with Gasteiger partial charge in [-0.1, -0.05) is 30.3 Å². The maximum Gasteiger partial charge on any atom is 0.274 e. The molecule has 0 atom stereocenters. The largest absolute Gasteiger partial charge is 0.369 e. The van der Waals surface area contributed by atoms with Crippen molar-refractivity contribution in [2.75, 3.05) is 17.3 Å². The van der Waals surface area contributed by atoms with Crippen LogP contribution in [0.1, 0.15) is 21.6 Å². The standard InChI is InChI=1S/C21H18N4O/c1-25(15-17-5-3-2-4-6-17)19-11-12-20(23-14-19)21(26)24-18-9-7-16(13-22)8-10-18/h2-12,14H,15H2,1H3,(H,24,26). The average molecular weight is 342 g/mol. The van der Waals surface area contributed by atoms with Gasteiger partial charge < -0.3 is 10.2 Å². The van der Waals surface area contributed by atoms with Crippen LogP contribution in [-0.4, -0.2) is 17.9 Å². The molecule has 0 fully saturated rings. The normalized spacial score (nSPS) is 10.0. The van der Waals surface area contributed by atoms with E-state index >= 15 is 0 Å². The van der Waals surface area contributed by atoms with Crippen molar-refractivity contribution in [3.05, 3.63) is 89.7 Å². The van der Waals surface area contributed by atoms with E-state index in [2.05, 4.69) is 27.3 Å². The topological polar surface area (TPSA) is 69.0 Å². The van der Waals surface area contributed by atoms with Gasteiger partial charge in [-0.15, -0.1) is 0 Å². The second-order valence-corrected chi connectivity index (χ2v) is 5.89. The summed E-state index contributed by atoms with van der Waals surface area (Å²) in [6.07, 6.45) is 1.69. The fourth-order valence-electron chi connectivity index (χ4n) is 2.52. The lowest BCUT2D eigenvalue weighted by Gasteiger charge is -2.19. The van der Waals surface area contributed by atoms with Crippen molar-refractivity contribution in [2.45, 2.75) is 6.54 Å². The Balaban J connectivity index is 1.64. The zero-order valence-corrected chi connectivity index (χ0v) is 14.4. The van der Waals surface area contributed by atoms with Crippen LogP contribution in [0.5, 0.6) is 0 Å². The number of hydrogen-bond acceptors (Lipinski definition) is 4. The summed E-state index contributed by atoms with van der Waals surface area (Å²) in [5.41, 5.74) is 3.65. The molecular formula is C21H18N4O. The Kier molecular flexibility index (Phi) is 5.25. The fraction of sp³-hybridized carbons (Fsp3) is 0.0952. The number of anilines is 2. The molecular weight excluding hydrogens is 324 g/mol. The smallest absolute Gasteiger partial charge is 0.274 e. The Hall–Kier alpha value is -3.65. The summed E-state index contributed by atoms with van der Waals surface area (Å²) in [7, 11) is 1.99. The molecule has 5 nitrogen and oxygen atoms in total. The Labute approximate surface area is 152 Å². The summed E-state index contributed by atoms with van der Waals surface area (Å²) < 4.78 is 0. The number of nitrogens with zero attached hydrogens (tertiary/aromatic N) is 3. The first-order valence-electron chi connectivity index (χ1n) is 8.18. The Bertz CT molecular complexity index is 913. The number of pyridine rings is 1. The van der Waals surface area contributed by atoms with E-state index < -0.39 is 0 Å². The van der Waals surface area contributed by atoms with Gasteiger partial charge in [0.15, 0.2) is 0 Å². The Morgan fingerprint density at radius 3 is 2.42 bits per heavy atom. The van der Waals surface area contributed by atoms with Crippen LogP contribution in [0.2, 0.25) is 0 Å². The number of carbonyl (C=O) groups excluding carboxylic acids is 1.